The second kappa shape index (κ2) is 7.01. The Morgan fingerprint density at radius 2 is 2.26 bits per heavy atom. The molecule has 0 radical (unpaired) electrons. The lowest BCUT2D eigenvalue weighted by atomic mass is 9.90. The fraction of sp³-hybridized carbons (Fsp3) is 0.167. The maximum atomic E-state index is 12.5. The number of carbonyl (C=O) groups is 2. The predicted molar refractivity (Wildman–Crippen MR) is 99.9 cm³/mol. The van der Waals surface area contributed by atoms with E-state index in [-0.39, 0.29) is 18.2 Å². The summed E-state index contributed by atoms with van der Waals surface area (Å²) in [5.74, 6) is -0.485. The summed E-state index contributed by atoms with van der Waals surface area (Å²) in [6, 6.07) is 9.65. The molecule has 27 heavy (non-hydrogen) atoms. The summed E-state index contributed by atoms with van der Waals surface area (Å²) in [6.45, 7) is 0. The van der Waals surface area contributed by atoms with Crippen LogP contribution in [-0.2, 0) is 16.0 Å². The zero-order valence-corrected chi connectivity index (χ0v) is 14.8. The Hall–Kier alpha value is -3.51. The molecule has 1 aliphatic rings. The van der Waals surface area contributed by atoms with E-state index < -0.39 is 5.92 Å². The zero-order chi connectivity index (χ0) is 18.8. The zero-order valence-electron chi connectivity index (χ0n) is 14.0. The van der Waals surface area contributed by atoms with E-state index in [0.29, 0.717) is 28.4 Å². The molecular weight excluding hydrogens is 364 g/mol. The van der Waals surface area contributed by atoms with E-state index in [4.69, 9.17) is 0 Å². The highest BCUT2D eigenvalue weighted by Crippen LogP contribution is 2.35. The molecule has 3 aromatic rings. The van der Waals surface area contributed by atoms with E-state index in [1.54, 1.807) is 5.38 Å². The first kappa shape index (κ1) is 16.9. The maximum Gasteiger partial charge on any atom is 0.228 e. The van der Waals surface area contributed by atoms with Crippen molar-refractivity contribution < 1.29 is 9.59 Å². The van der Waals surface area contributed by atoms with Gasteiger partial charge >= 0.3 is 0 Å². The number of nitriles is 1. The van der Waals surface area contributed by atoms with Crippen molar-refractivity contribution in [1.82, 2.24) is 15.2 Å². The number of nitrogens with zero attached hydrogens (tertiary/aromatic N) is 3. The van der Waals surface area contributed by atoms with Gasteiger partial charge in [-0.15, -0.1) is 11.3 Å². The van der Waals surface area contributed by atoms with Crippen LogP contribution in [0.5, 0.6) is 0 Å². The van der Waals surface area contributed by atoms with E-state index in [0.717, 1.165) is 11.3 Å². The SMILES string of the molecule is N#Cc1csc(NC(=O)CC2Cc3ccccc3NC2=O)c1-c1ncn[nH]1. The van der Waals surface area contributed by atoms with Crippen molar-refractivity contribution in [3.05, 3.63) is 47.1 Å². The summed E-state index contributed by atoms with van der Waals surface area (Å²) in [7, 11) is 0. The van der Waals surface area contributed by atoms with Crippen LogP contribution in [-0.4, -0.2) is 27.0 Å². The first-order chi connectivity index (χ1) is 13.2. The molecule has 9 heteroatoms. The molecule has 134 valence electrons. The molecular formula is C18H14N6O2S. The summed E-state index contributed by atoms with van der Waals surface area (Å²) in [4.78, 5) is 28.9. The molecule has 3 heterocycles. The van der Waals surface area contributed by atoms with Gasteiger partial charge in [-0.3, -0.25) is 14.7 Å². The number of amides is 2. The summed E-state index contributed by atoms with van der Waals surface area (Å²) >= 11 is 1.24. The Labute approximate surface area is 158 Å². The second-order valence-corrected chi connectivity index (χ2v) is 6.98. The van der Waals surface area contributed by atoms with Crippen molar-refractivity contribution in [2.24, 2.45) is 5.92 Å². The van der Waals surface area contributed by atoms with Gasteiger partial charge in [0, 0.05) is 17.5 Å². The Balaban J connectivity index is 1.51. The Kier molecular flexibility index (Phi) is 4.40. The number of benzene rings is 1. The number of para-hydroxylation sites is 1. The van der Waals surface area contributed by atoms with Gasteiger partial charge in [-0.2, -0.15) is 10.4 Å². The van der Waals surface area contributed by atoms with E-state index in [2.05, 4.69) is 31.9 Å². The summed E-state index contributed by atoms with van der Waals surface area (Å²) in [5.41, 5.74) is 2.71. The predicted octanol–water partition coefficient (Wildman–Crippen LogP) is 2.54. The van der Waals surface area contributed by atoms with Gasteiger partial charge in [0.25, 0.3) is 0 Å². The molecule has 2 aromatic heterocycles. The number of hydrogen-bond donors (Lipinski definition) is 3. The second-order valence-electron chi connectivity index (χ2n) is 6.10. The molecule has 4 rings (SSSR count). The molecule has 8 nitrogen and oxygen atoms in total. The number of aromatic amines is 1. The van der Waals surface area contributed by atoms with Crippen molar-refractivity contribution in [2.45, 2.75) is 12.8 Å². The van der Waals surface area contributed by atoms with Crippen LogP contribution in [0.2, 0.25) is 0 Å². The summed E-state index contributed by atoms with van der Waals surface area (Å²) in [6.07, 6.45) is 1.90. The van der Waals surface area contributed by atoms with Crippen molar-refractivity contribution in [3.8, 4) is 17.5 Å². The number of carbonyl (C=O) groups excluding carboxylic acids is 2. The molecule has 0 fully saturated rings. The molecule has 3 N–H and O–H groups in total. The molecule has 0 saturated carbocycles. The highest BCUT2D eigenvalue weighted by atomic mass is 32.1. The quantitative estimate of drug-likeness (QED) is 0.644. The summed E-state index contributed by atoms with van der Waals surface area (Å²) < 4.78 is 0. The van der Waals surface area contributed by atoms with Crippen molar-refractivity contribution >= 4 is 33.8 Å². The lowest BCUT2D eigenvalue weighted by Gasteiger charge is -2.24. The van der Waals surface area contributed by atoms with Gasteiger partial charge in [-0.1, -0.05) is 18.2 Å². The van der Waals surface area contributed by atoms with E-state index >= 15 is 0 Å². The molecule has 0 spiro atoms. The van der Waals surface area contributed by atoms with Gasteiger partial charge in [-0.25, -0.2) is 4.98 Å². The third-order valence-electron chi connectivity index (χ3n) is 4.36. The molecule has 0 bridgehead atoms. The largest absolute Gasteiger partial charge is 0.326 e. The third kappa shape index (κ3) is 3.30. The average Bonchev–Trinajstić information content (AvgIpc) is 3.31. The van der Waals surface area contributed by atoms with Gasteiger partial charge in [0.2, 0.25) is 11.8 Å². The molecule has 1 atom stereocenters. The number of fused-ring (bicyclic) bond motifs is 1. The minimum Gasteiger partial charge on any atom is -0.326 e. The number of rotatable bonds is 4. The van der Waals surface area contributed by atoms with Crippen LogP contribution in [0.25, 0.3) is 11.4 Å². The number of H-pyrrole nitrogens is 1. The van der Waals surface area contributed by atoms with Crippen molar-refractivity contribution in [2.75, 3.05) is 10.6 Å². The Bertz CT molecular complexity index is 1050. The van der Waals surface area contributed by atoms with Crippen LogP contribution in [0.1, 0.15) is 17.5 Å². The highest BCUT2D eigenvalue weighted by molar-refractivity contribution is 7.15. The number of thiophene rings is 1. The minimum atomic E-state index is -0.441. The van der Waals surface area contributed by atoms with Crippen molar-refractivity contribution in [1.29, 1.82) is 5.26 Å². The fourth-order valence-electron chi connectivity index (χ4n) is 3.07. The fourth-order valence-corrected chi connectivity index (χ4v) is 3.98. The number of anilines is 2. The number of nitrogens with one attached hydrogen (secondary N) is 3. The average molecular weight is 378 g/mol. The molecule has 1 aliphatic heterocycles. The Morgan fingerprint density at radius 3 is 3.04 bits per heavy atom. The van der Waals surface area contributed by atoms with Crippen LogP contribution < -0.4 is 10.6 Å². The smallest absolute Gasteiger partial charge is 0.228 e. The first-order valence-electron chi connectivity index (χ1n) is 8.21. The van der Waals surface area contributed by atoms with Crippen LogP contribution in [0.15, 0.2) is 36.0 Å². The molecule has 1 aromatic carbocycles. The van der Waals surface area contributed by atoms with E-state index in [9.17, 15) is 14.9 Å². The minimum absolute atomic E-state index is 0.0514. The molecule has 2 amide bonds. The van der Waals surface area contributed by atoms with Gasteiger partial charge < -0.3 is 10.6 Å². The first-order valence-corrected chi connectivity index (χ1v) is 9.09. The van der Waals surface area contributed by atoms with Gasteiger partial charge in [0.05, 0.1) is 17.0 Å². The van der Waals surface area contributed by atoms with Crippen LogP contribution >= 0.6 is 11.3 Å². The number of aromatic nitrogens is 3. The number of hydrogen-bond acceptors (Lipinski definition) is 6. The van der Waals surface area contributed by atoms with Gasteiger partial charge in [0.15, 0.2) is 5.82 Å². The highest BCUT2D eigenvalue weighted by Gasteiger charge is 2.28. The standard InChI is InChI=1S/C18H14N6O2S/c19-7-12-8-27-18(15(12)16-20-9-21-24-16)23-14(25)6-11-5-10-3-1-2-4-13(10)22-17(11)26/h1-4,8-9,11H,5-6H2,(H,22,26)(H,23,25)(H,20,21,24). The van der Waals surface area contributed by atoms with Crippen LogP contribution in [0, 0.1) is 17.2 Å². The lowest BCUT2D eigenvalue weighted by Crippen LogP contribution is -2.32. The van der Waals surface area contributed by atoms with Gasteiger partial charge in [0.1, 0.15) is 17.4 Å². The topological polar surface area (TPSA) is 124 Å². The van der Waals surface area contributed by atoms with Crippen LogP contribution in [0.3, 0.4) is 0 Å². The monoisotopic (exact) mass is 378 g/mol. The lowest BCUT2D eigenvalue weighted by molar-refractivity contribution is -0.125. The molecule has 1 unspecified atom stereocenters. The van der Waals surface area contributed by atoms with E-state index in [1.807, 2.05) is 24.3 Å². The third-order valence-corrected chi connectivity index (χ3v) is 5.26. The maximum absolute atomic E-state index is 12.5. The molecule has 0 aliphatic carbocycles. The van der Waals surface area contributed by atoms with Crippen molar-refractivity contribution in [3.63, 3.8) is 0 Å². The van der Waals surface area contributed by atoms with E-state index in [1.165, 1.54) is 17.7 Å². The van der Waals surface area contributed by atoms with Crippen LogP contribution in [0.4, 0.5) is 10.7 Å². The normalized spacial score (nSPS) is 15.5. The Morgan fingerprint density at radius 1 is 1.41 bits per heavy atom. The van der Waals surface area contributed by atoms with Gasteiger partial charge in [-0.05, 0) is 18.1 Å². The summed E-state index contributed by atoms with van der Waals surface area (Å²) in [5, 5.41) is 23.6. The molecule has 0 saturated heterocycles.